The molecule has 0 fully saturated rings. The second-order valence-electron chi connectivity index (χ2n) is 28.5. The zero-order valence-electron chi connectivity index (χ0n) is 58.5. The zero-order valence-corrected chi connectivity index (χ0v) is 65.4. The third kappa shape index (κ3) is 14.4. The molecule has 6 aromatic rings. The molecular weight excluding hydrogens is 1280 g/mol. The normalized spacial score (nSPS) is 18.2. The first-order chi connectivity index (χ1) is 44.7. The maximum absolute atomic E-state index is 15.7. The molecule has 0 aliphatic carbocycles. The van der Waals surface area contributed by atoms with Crippen molar-refractivity contribution >= 4 is 129 Å². The van der Waals surface area contributed by atoms with E-state index in [1.807, 2.05) is 45.3 Å². The monoisotopic (exact) mass is 1390 g/mol. The number of aryl methyl sites for hydroxylation is 2. The van der Waals surface area contributed by atoms with Crippen LogP contribution in [0.3, 0.4) is 0 Å². The fourth-order valence-corrected chi connectivity index (χ4v) is 39.6. The molecule has 4 unspecified atom stereocenters. The van der Waals surface area contributed by atoms with Crippen molar-refractivity contribution in [3.8, 4) is 48.8 Å². The summed E-state index contributed by atoms with van der Waals surface area (Å²) in [6.07, 6.45) is 35.6. The van der Waals surface area contributed by atoms with Crippen molar-refractivity contribution in [1.29, 1.82) is 0 Å². The molecular formula is C78H112N2O4S6Si2. The Bertz CT molecular complexity index is 3480. The summed E-state index contributed by atoms with van der Waals surface area (Å²) < 4.78 is 0. The van der Waals surface area contributed by atoms with Crippen molar-refractivity contribution in [1.82, 2.24) is 9.80 Å². The van der Waals surface area contributed by atoms with Crippen molar-refractivity contribution in [2.45, 2.75) is 293 Å². The Hall–Kier alpha value is -3.09. The van der Waals surface area contributed by atoms with Gasteiger partial charge in [-0.3, -0.25) is 29.0 Å². The molecule has 0 aromatic carbocycles. The molecule has 4 aliphatic rings. The fraction of sp³-hybridized carbons (Fsp3) is 0.641. The molecule has 4 aliphatic heterocycles. The van der Waals surface area contributed by atoms with Crippen LogP contribution < -0.4 is 20.7 Å². The Kier molecular flexibility index (Phi) is 25.7. The summed E-state index contributed by atoms with van der Waals surface area (Å²) in [6, 6.07) is 15.4. The minimum absolute atomic E-state index is 0.0859. The Labute approximate surface area is 581 Å². The van der Waals surface area contributed by atoms with E-state index in [2.05, 4.69) is 100 Å². The lowest BCUT2D eigenvalue weighted by Crippen LogP contribution is -2.56. The summed E-state index contributed by atoms with van der Waals surface area (Å²) in [7, 11) is -4.84. The van der Waals surface area contributed by atoms with Gasteiger partial charge in [0.05, 0.1) is 36.9 Å². The molecule has 0 spiro atoms. The predicted molar refractivity (Wildman–Crippen MR) is 410 cm³/mol. The number of hydrogen-bond acceptors (Lipinski definition) is 10. The molecule has 6 nitrogen and oxygen atoms in total. The number of fused-ring (bicyclic) bond motifs is 8. The first kappa shape index (κ1) is 71.7. The number of unbranched alkanes of at least 4 members (excludes halogenated alkanes) is 18. The maximum Gasteiger partial charge on any atom is 0.263 e. The summed E-state index contributed by atoms with van der Waals surface area (Å²) in [5.41, 5.74) is 2.59. The quantitative estimate of drug-likeness (QED) is 0.0217. The molecule has 10 rings (SSSR count). The van der Waals surface area contributed by atoms with Gasteiger partial charge in [0.25, 0.3) is 23.6 Å². The number of nitrogens with zero attached hydrogens (tertiary/aromatic N) is 2. The second kappa shape index (κ2) is 33.0. The summed E-state index contributed by atoms with van der Waals surface area (Å²) in [5.74, 6) is 1.45. The van der Waals surface area contributed by atoms with Crippen LogP contribution in [0.2, 0.25) is 24.2 Å². The number of carbonyl (C=O) groups is 4. The van der Waals surface area contributed by atoms with E-state index in [9.17, 15) is 9.59 Å². The molecule has 92 heavy (non-hydrogen) atoms. The van der Waals surface area contributed by atoms with Crippen LogP contribution in [-0.2, 0) is 0 Å². The first-order valence-electron chi connectivity index (χ1n) is 37.3. The van der Waals surface area contributed by atoms with Gasteiger partial charge in [-0.15, -0.1) is 68.0 Å². The number of rotatable bonds is 42. The van der Waals surface area contributed by atoms with Gasteiger partial charge in [-0.1, -0.05) is 242 Å². The van der Waals surface area contributed by atoms with Crippen molar-refractivity contribution in [3.05, 3.63) is 56.3 Å². The van der Waals surface area contributed by atoms with Crippen LogP contribution in [0.1, 0.15) is 306 Å². The number of amides is 4. The van der Waals surface area contributed by atoms with Gasteiger partial charge in [0.2, 0.25) is 0 Å². The molecule has 14 heteroatoms. The topological polar surface area (TPSA) is 74.8 Å². The van der Waals surface area contributed by atoms with E-state index in [0.717, 1.165) is 80.6 Å². The van der Waals surface area contributed by atoms with Gasteiger partial charge >= 0.3 is 0 Å². The number of imide groups is 2. The standard InChI is InChI=1S/C78H112N2O4S6Si2/c1-12-21-27-30-33-36-42-79-75(81)64-53(11)86-68(65(64)76(79)82)57-47-62-73(87-57)74-63(92(62,50-55(19-8)40-25-16-5)51-56(20-9)41-26-17-6)48-59(89-74)70-67-66(77(83)80(78(67)84)43-37-34-31-28-22-13-2)69(90-70)58-46-61-72(88-58)71-60(45-52(10)85-71)91(61,44-38-35-32-29-23-14-3)49-54(18-7)39-24-15-4/h45-48,54-56H,12-44,49-51H2,1-11H3. The lowest BCUT2D eigenvalue weighted by molar-refractivity contribution is 0.0636. The third-order valence-corrected chi connectivity index (χ3v) is 41.1. The van der Waals surface area contributed by atoms with Crippen molar-refractivity contribution in [2.24, 2.45) is 17.8 Å². The average molecular weight is 1390 g/mol. The molecule has 10 heterocycles. The van der Waals surface area contributed by atoms with Gasteiger partial charge in [0.15, 0.2) is 0 Å². The van der Waals surface area contributed by atoms with E-state index in [4.69, 9.17) is 0 Å². The molecule has 4 atom stereocenters. The molecule has 0 N–H and O–H groups in total. The highest BCUT2D eigenvalue weighted by molar-refractivity contribution is 7.35. The Morgan fingerprint density at radius 2 is 0.663 bits per heavy atom. The molecule has 0 saturated carbocycles. The number of carbonyl (C=O) groups excluding carboxylic acids is 4. The van der Waals surface area contributed by atoms with Crippen molar-refractivity contribution < 1.29 is 19.2 Å². The molecule has 0 bridgehead atoms. The Balaban J connectivity index is 1.13. The zero-order chi connectivity index (χ0) is 65.3. The smallest absolute Gasteiger partial charge is 0.263 e. The molecule has 502 valence electrons. The van der Waals surface area contributed by atoms with E-state index in [0.29, 0.717) is 53.1 Å². The minimum atomic E-state index is -2.60. The van der Waals surface area contributed by atoms with Gasteiger partial charge in [0.1, 0.15) is 16.1 Å². The lowest BCUT2D eigenvalue weighted by atomic mass is 10.0. The minimum Gasteiger partial charge on any atom is -0.274 e. The fourth-order valence-electron chi connectivity index (χ4n) is 16.6. The molecule has 4 amide bonds. The van der Waals surface area contributed by atoms with E-state index in [1.54, 1.807) is 53.2 Å². The van der Waals surface area contributed by atoms with Crippen LogP contribution >= 0.6 is 68.0 Å². The van der Waals surface area contributed by atoms with Crippen LogP contribution in [0.5, 0.6) is 0 Å². The van der Waals surface area contributed by atoms with Gasteiger partial charge in [0, 0.05) is 57.0 Å². The van der Waals surface area contributed by atoms with Crippen LogP contribution in [0.25, 0.3) is 48.8 Å². The van der Waals surface area contributed by atoms with Crippen LogP contribution in [0, 0.1) is 31.6 Å². The maximum atomic E-state index is 15.7. The van der Waals surface area contributed by atoms with Gasteiger partial charge in [-0.2, -0.15) is 0 Å². The number of thiophene rings is 6. The summed E-state index contributed by atoms with van der Waals surface area (Å²) in [4.78, 5) is 78.2. The van der Waals surface area contributed by atoms with Crippen LogP contribution in [0.4, 0.5) is 0 Å². The van der Waals surface area contributed by atoms with Gasteiger partial charge < -0.3 is 0 Å². The summed E-state index contributed by atoms with van der Waals surface area (Å²) in [6.45, 7) is 26.5. The Morgan fingerprint density at radius 1 is 0.337 bits per heavy atom. The SMILES string of the molecule is CCCCCCCCN1C(=O)c2c(C)sc(-c3cc4c(s3)-c3sc(-c5sc(-c6cc7c(s6)-c6sc(C)cc6[Si]7(CCCCCCCC)CC(CC)CCCC)c6c5C(=O)N(CCCCCCCC)C6=O)cc3[Si]4(CC(CC)CCCC)CC(CC)CCCC)c2C1=O. The largest absolute Gasteiger partial charge is 0.274 e. The highest BCUT2D eigenvalue weighted by atomic mass is 32.1. The van der Waals surface area contributed by atoms with Crippen molar-refractivity contribution in [3.63, 3.8) is 0 Å². The number of hydrogen-bond donors (Lipinski definition) is 0. The van der Waals surface area contributed by atoms with E-state index < -0.39 is 16.1 Å². The highest BCUT2D eigenvalue weighted by Gasteiger charge is 2.53. The predicted octanol–water partition coefficient (Wildman–Crippen LogP) is 23.7. The third-order valence-electron chi connectivity index (χ3n) is 22.0. The molecule has 0 saturated heterocycles. The highest BCUT2D eigenvalue weighted by Crippen LogP contribution is 2.56. The second-order valence-corrected chi connectivity index (χ2v) is 43.4. The van der Waals surface area contributed by atoms with E-state index in [-0.39, 0.29) is 23.6 Å². The van der Waals surface area contributed by atoms with Crippen LogP contribution in [0.15, 0.2) is 24.3 Å². The van der Waals surface area contributed by atoms with Gasteiger partial charge in [-0.25, -0.2) is 0 Å². The van der Waals surface area contributed by atoms with E-state index in [1.165, 1.54) is 195 Å². The molecule has 0 radical (unpaired) electrons. The van der Waals surface area contributed by atoms with Gasteiger partial charge in [-0.05, 0) is 114 Å². The molecule has 6 aromatic heterocycles. The summed E-state index contributed by atoms with van der Waals surface area (Å²) >= 11 is 11.1. The van der Waals surface area contributed by atoms with Crippen LogP contribution in [-0.4, -0.2) is 62.7 Å². The average Bonchev–Trinajstić information content (AvgIpc) is 1.54. The summed E-state index contributed by atoms with van der Waals surface area (Å²) in [5, 5.41) is 6.43. The first-order valence-corrected chi connectivity index (χ1v) is 47.0. The Morgan fingerprint density at radius 3 is 1.08 bits per heavy atom. The van der Waals surface area contributed by atoms with E-state index >= 15 is 9.59 Å². The van der Waals surface area contributed by atoms with Crippen molar-refractivity contribution in [2.75, 3.05) is 13.1 Å². The lowest BCUT2D eigenvalue weighted by Gasteiger charge is -2.35.